The molecule has 0 aliphatic carbocycles. The summed E-state index contributed by atoms with van der Waals surface area (Å²) < 4.78 is 43.4. The molecule has 0 bridgehead atoms. The minimum atomic E-state index is -4.41. The number of halogens is 3. The highest BCUT2D eigenvalue weighted by Crippen LogP contribution is 2.30. The normalized spacial score (nSPS) is 17.4. The van der Waals surface area contributed by atoms with Gasteiger partial charge < -0.3 is 14.7 Å². The van der Waals surface area contributed by atoms with Crippen LogP contribution in [0.3, 0.4) is 0 Å². The molecule has 2 atom stereocenters. The standard InChI is InChI=1S/C24H28F3NO4S/c1-32-23(31)21-11-10-20(33-21)6-3-13-28-18(8-12-22(28)30)7-9-19(29)15-16-4-2-5-17(14-16)24(25,26)27/h2,4-5,10-11,14,18-19,29H,3,6-9,12-13,15H2,1H3/t18-,19?/m0/s1. The van der Waals surface area contributed by atoms with Crippen molar-refractivity contribution in [1.29, 1.82) is 0 Å². The third kappa shape index (κ3) is 7.04. The number of aliphatic hydroxyl groups excluding tert-OH is 1. The fraction of sp³-hybridized carbons (Fsp3) is 0.500. The molecule has 0 saturated carbocycles. The molecule has 1 aliphatic rings. The second-order valence-electron chi connectivity index (χ2n) is 8.27. The van der Waals surface area contributed by atoms with Crippen LogP contribution in [-0.2, 0) is 28.5 Å². The van der Waals surface area contributed by atoms with Gasteiger partial charge in [-0.1, -0.05) is 18.2 Å². The van der Waals surface area contributed by atoms with E-state index in [2.05, 4.69) is 0 Å². The predicted octanol–water partition coefficient (Wildman–Crippen LogP) is 4.86. The van der Waals surface area contributed by atoms with Gasteiger partial charge in [-0.15, -0.1) is 11.3 Å². The lowest BCUT2D eigenvalue weighted by atomic mass is 9.99. The average molecular weight is 484 g/mol. The van der Waals surface area contributed by atoms with Crippen molar-refractivity contribution in [2.75, 3.05) is 13.7 Å². The van der Waals surface area contributed by atoms with E-state index < -0.39 is 17.8 Å². The van der Waals surface area contributed by atoms with Gasteiger partial charge in [-0.25, -0.2) is 4.79 Å². The Morgan fingerprint density at radius 1 is 1.30 bits per heavy atom. The number of hydrogen-bond acceptors (Lipinski definition) is 5. The van der Waals surface area contributed by atoms with Crippen molar-refractivity contribution in [1.82, 2.24) is 4.90 Å². The Kier molecular flexibility index (Phi) is 8.53. The Morgan fingerprint density at radius 3 is 2.82 bits per heavy atom. The van der Waals surface area contributed by atoms with Gasteiger partial charge in [-0.05, 0) is 62.3 Å². The number of likely N-dealkylation sites (tertiary alicyclic amines) is 1. The number of rotatable bonds is 10. The topological polar surface area (TPSA) is 66.8 Å². The molecule has 0 radical (unpaired) electrons. The summed E-state index contributed by atoms with van der Waals surface area (Å²) in [6, 6.07) is 8.69. The molecular formula is C24H28F3NO4S. The van der Waals surface area contributed by atoms with Crippen molar-refractivity contribution in [2.24, 2.45) is 0 Å². The minimum absolute atomic E-state index is 0.0302. The quantitative estimate of drug-likeness (QED) is 0.490. The van der Waals surface area contributed by atoms with Gasteiger partial charge in [-0.3, -0.25) is 4.79 Å². The first kappa shape index (κ1) is 25.2. The Morgan fingerprint density at radius 2 is 2.09 bits per heavy atom. The van der Waals surface area contributed by atoms with E-state index in [-0.39, 0.29) is 24.3 Å². The van der Waals surface area contributed by atoms with Crippen LogP contribution < -0.4 is 0 Å². The third-order valence-corrected chi connectivity index (χ3v) is 7.01. The van der Waals surface area contributed by atoms with Crippen molar-refractivity contribution in [3.05, 3.63) is 57.3 Å². The van der Waals surface area contributed by atoms with Crippen molar-refractivity contribution in [3.8, 4) is 0 Å². The SMILES string of the molecule is COC(=O)c1ccc(CCCN2C(=O)CC[C@@H]2CCC(O)Cc2cccc(C(F)(F)F)c2)s1. The molecule has 33 heavy (non-hydrogen) atoms. The van der Waals surface area contributed by atoms with Crippen LogP contribution in [0.4, 0.5) is 13.2 Å². The first-order valence-corrected chi connectivity index (χ1v) is 11.8. The molecule has 5 nitrogen and oxygen atoms in total. The average Bonchev–Trinajstić information content (AvgIpc) is 3.38. The molecule has 1 N–H and O–H groups in total. The highest BCUT2D eigenvalue weighted by atomic mass is 32.1. The summed E-state index contributed by atoms with van der Waals surface area (Å²) in [5.41, 5.74) is -0.275. The van der Waals surface area contributed by atoms with Crippen LogP contribution in [0.1, 0.15) is 57.8 Å². The number of carbonyl (C=O) groups is 2. The van der Waals surface area contributed by atoms with Crippen LogP contribution in [0, 0.1) is 0 Å². The number of methoxy groups -OCH3 is 1. The summed E-state index contributed by atoms with van der Waals surface area (Å²) in [5, 5.41) is 10.4. The van der Waals surface area contributed by atoms with Crippen LogP contribution in [0.25, 0.3) is 0 Å². The van der Waals surface area contributed by atoms with Crippen LogP contribution >= 0.6 is 11.3 Å². The highest BCUT2D eigenvalue weighted by molar-refractivity contribution is 7.13. The maximum atomic E-state index is 12.9. The monoisotopic (exact) mass is 483 g/mol. The number of esters is 1. The van der Waals surface area contributed by atoms with E-state index in [0.717, 1.165) is 36.3 Å². The zero-order valence-corrected chi connectivity index (χ0v) is 19.3. The van der Waals surface area contributed by atoms with Gasteiger partial charge >= 0.3 is 12.1 Å². The number of thiophene rings is 1. The molecule has 1 fully saturated rings. The zero-order chi connectivity index (χ0) is 24.0. The van der Waals surface area contributed by atoms with Gasteiger partial charge in [0, 0.05) is 23.9 Å². The summed E-state index contributed by atoms with van der Waals surface area (Å²) in [7, 11) is 1.34. The minimum Gasteiger partial charge on any atom is -0.465 e. The second kappa shape index (κ2) is 11.2. The molecular weight excluding hydrogens is 455 g/mol. The number of ether oxygens (including phenoxy) is 1. The molecule has 1 saturated heterocycles. The number of carbonyl (C=O) groups excluding carboxylic acids is 2. The molecule has 2 heterocycles. The van der Waals surface area contributed by atoms with E-state index >= 15 is 0 Å². The second-order valence-corrected chi connectivity index (χ2v) is 9.44. The number of alkyl halides is 3. The first-order valence-electron chi connectivity index (χ1n) is 11.0. The number of amides is 1. The van der Waals surface area contributed by atoms with Crippen LogP contribution in [0.2, 0.25) is 0 Å². The molecule has 0 spiro atoms. The van der Waals surface area contributed by atoms with Crippen molar-refractivity contribution in [3.63, 3.8) is 0 Å². The van der Waals surface area contributed by atoms with E-state index in [0.29, 0.717) is 36.2 Å². The van der Waals surface area contributed by atoms with Gasteiger partial charge in [0.05, 0.1) is 18.8 Å². The Balaban J connectivity index is 1.46. The van der Waals surface area contributed by atoms with E-state index in [1.807, 2.05) is 11.0 Å². The molecule has 1 aromatic heterocycles. The van der Waals surface area contributed by atoms with Gasteiger partial charge in [-0.2, -0.15) is 13.2 Å². The predicted molar refractivity (Wildman–Crippen MR) is 119 cm³/mol. The maximum absolute atomic E-state index is 12.9. The van der Waals surface area contributed by atoms with Gasteiger partial charge in [0.1, 0.15) is 4.88 Å². The zero-order valence-electron chi connectivity index (χ0n) is 18.4. The number of aryl methyl sites for hydroxylation is 1. The van der Waals surface area contributed by atoms with E-state index in [4.69, 9.17) is 4.74 Å². The molecule has 1 aliphatic heterocycles. The van der Waals surface area contributed by atoms with Crippen molar-refractivity contribution < 1.29 is 32.6 Å². The summed E-state index contributed by atoms with van der Waals surface area (Å²) in [5.74, 6) is -0.265. The van der Waals surface area contributed by atoms with E-state index in [9.17, 15) is 27.9 Å². The van der Waals surface area contributed by atoms with E-state index in [1.54, 1.807) is 12.1 Å². The lowest BCUT2D eigenvalue weighted by Crippen LogP contribution is -2.34. The molecule has 1 amide bonds. The fourth-order valence-corrected chi connectivity index (χ4v) is 5.15. The Bertz CT molecular complexity index is 959. The summed E-state index contributed by atoms with van der Waals surface area (Å²) in [6.07, 6.45) is -1.31. The van der Waals surface area contributed by atoms with Crippen LogP contribution in [0.5, 0.6) is 0 Å². The number of aliphatic hydroxyl groups is 1. The van der Waals surface area contributed by atoms with E-state index in [1.165, 1.54) is 24.5 Å². The van der Waals surface area contributed by atoms with Crippen molar-refractivity contribution >= 4 is 23.2 Å². The summed E-state index contributed by atoms with van der Waals surface area (Å²) in [6.45, 7) is 0.596. The van der Waals surface area contributed by atoms with Gasteiger partial charge in [0.15, 0.2) is 0 Å². The lowest BCUT2D eigenvalue weighted by molar-refractivity contribution is -0.137. The number of hydrogen-bond donors (Lipinski definition) is 1. The summed E-state index contributed by atoms with van der Waals surface area (Å²) >= 11 is 1.39. The Labute approximate surface area is 195 Å². The van der Waals surface area contributed by atoms with Crippen LogP contribution in [0.15, 0.2) is 36.4 Å². The van der Waals surface area contributed by atoms with Crippen molar-refractivity contribution in [2.45, 2.75) is 63.3 Å². The summed E-state index contributed by atoms with van der Waals surface area (Å²) in [4.78, 5) is 27.3. The smallest absolute Gasteiger partial charge is 0.416 e. The molecule has 1 unspecified atom stereocenters. The number of benzene rings is 1. The first-order chi connectivity index (χ1) is 15.7. The lowest BCUT2D eigenvalue weighted by Gasteiger charge is -2.25. The fourth-order valence-electron chi connectivity index (χ4n) is 4.18. The largest absolute Gasteiger partial charge is 0.465 e. The number of nitrogens with zero attached hydrogens (tertiary/aromatic N) is 1. The molecule has 2 aromatic rings. The molecule has 180 valence electrons. The molecule has 3 rings (SSSR count). The molecule has 9 heteroatoms. The Hall–Kier alpha value is -2.39. The molecule has 1 aromatic carbocycles. The third-order valence-electron chi connectivity index (χ3n) is 5.88. The highest BCUT2D eigenvalue weighted by Gasteiger charge is 2.32. The maximum Gasteiger partial charge on any atom is 0.416 e. The van der Waals surface area contributed by atoms with Gasteiger partial charge in [0.2, 0.25) is 5.91 Å². The van der Waals surface area contributed by atoms with Gasteiger partial charge in [0.25, 0.3) is 0 Å². The van der Waals surface area contributed by atoms with Crippen LogP contribution in [-0.4, -0.2) is 47.7 Å².